The molecule has 0 aliphatic heterocycles. The van der Waals surface area contributed by atoms with Gasteiger partial charge in [0, 0.05) is 29.2 Å². The predicted molar refractivity (Wildman–Crippen MR) is 88.3 cm³/mol. The van der Waals surface area contributed by atoms with Gasteiger partial charge in [0.15, 0.2) is 0 Å². The summed E-state index contributed by atoms with van der Waals surface area (Å²) in [5, 5.41) is 5.14. The van der Waals surface area contributed by atoms with Crippen molar-refractivity contribution in [2.24, 2.45) is 0 Å². The van der Waals surface area contributed by atoms with Crippen molar-refractivity contribution in [2.75, 3.05) is 0 Å². The first-order chi connectivity index (χ1) is 9.75. The van der Waals surface area contributed by atoms with E-state index in [-0.39, 0.29) is 0 Å². The number of halogens is 1. The highest BCUT2D eigenvalue weighted by atomic mass is 35.5. The Labute approximate surface area is 127 Å². The molecular formula is C16H13ClN2S. The summed E-state index contributed by atoms with van der Waals surface area (Å²) in [6.07, 6.45) is 2.01. The van der Waals surface area contributed by atoms with Gasteiger partial charge in [0.2, 0.25) is 0 Å². The molecule has 1 heterocycles. The van der Waals surface area contributed by atoms with Gasteiger partial charge in [-0.2, -0.15) is 0 Å². The van der Waals surface area contributed by atoms with Crippen molar-refractivity contribution >= 4 is 39.7 Å². The third-order valence-electron chi connectivity index (χ3n) is 3.23. The van der Waals surface area contributed by atoms with Gasteiger partial charge in [0.25, 0.3) is 0 Å². The maximum Gasteiger partial charge on any atom is 0.108 e. The SMILES string of the molecule is S=C(NCc1c[nH]c2ccccc12)c1ccccc1Cl. The first kappa shape index (κ1) is 13.2. The monoisotopic (exact) mass is 300 g/mol. The second-order valence-electron chi connectivity index (χ2n) is 4.52. The maximum absolute atomic E-state index is 6.14. The van der Waals surface area contributed by atoms with Crippen LogP contribution in [0.25, 0.3) is 10.9 Å². The summed E-state index contributed by atoms with van der Waals surface area (Å²) in [6, 6.07) is 15.8. The fourth-order valence-corrected chi connectivity index (χ4v) is 2.73. The fraction of sp³-hybridized carbons (Fsp3) is 0.0625. The lowest BCUT2D eigenvalue weighted by Crippen LogP contribution is -2.21. The van der Waals surface area contributed by atoms with E-state index in [0.29, 0.717) is 16.6 Å². The minimum atomic E-state index is 0.667. The van der Waals surface area contributed by atoms with E-state index >= 15 is 0 Å². The summed E-state index contributed by atoms with van der Waals surface area (Å²) in [4.78, 5) is 3.92. The van der Waals surface area contributed by atoms with Gasteiger partial charge in [-0.15, -0.1) is 0 Å². The Kier molecular flexibility index (Phi) is 3.72. The lowest BCUT2D eigenvalue weighted by molar-refractivity contribution is 0.937. The summed E-state index contributed by atoms with van der Waals surface area (Å²) in [5.41, 5.74) is 3.19. The molecule has 0 aliphatic carbocycles. The number of benzene rings is 2. The number of fused-ring (bicyclic) bond motifs is 1. The topological polar surface area (TPSA) is 27.8 Å². The van der Waals surface area contributed by atoms with Gasteiger partial charge in [0.05, 0.1) is 5.02 Å². The molecule has 0 bridgehead atoms. The summed E-state index contributed by atoms with van der Waals surface area (Å²) in [6.45, 7) is 0.675. The molecule has 1 aromatic heterocycles. The molecule has 3 aromatic rings. The molecule has 100 valence electrons. The second-order valence-corrected chi connectivity index (χ2v) is 5.34. The number of aromatic amines is 1. The van der Waals surface area contributed by atoms with E-state index in [1.807, 2.05) is 42.6 Å². The first-order valence-corrected chi connectivity index (χ1v) is 7.12. The van der Waals surface area contributed by atoms with Crippen molar-refractivity contribution in [3.8, 4) is 0 Å². The third kappa shape index (κ3) is 2.55. The summed E-state index contributed by atoms with van der Waals surface area (Å²) in [5.74, 6) is 0. The second kappa shape index (κ2) is 5.65. The van der Waals surface area contributed by atoms with E-state index in [9.17, 15) is 0 Å². The summed E-state index contributed by atoms with van der Waals surface area (Å²) >= 11 is 11.5. The van der Waals surface area contributed by atoms with Crippen LogP contribution < -0.4 is 5.32 Å². The van der Waals surface area contributed by atoms with E-state index in [0.717, 1.165) is 11.1 Å². The Hall–Kier alpha value is -1.84. The third-order valence-corrected chi connectivity index (χ3v) is 3.93. The highest BCUT2D eigenvalue weighted by molar-refractivity contribution is 7.80. The number of aromatic nitrogens is 1. The number of para-hydroxylation sites is 1. The fourth-order valence-electron chi connectivity index (χ4n) is 2.19. The molecule has 2 nitrogen and oxygen atoms in total. The minimum absolute atomic E-state index is 0.667. The molecule has 0 aliphatic rings. The molecule has 4 heteroatoms. The number of rotatable bonds is 3. The molecule has 20 heavy (non-hydrogen) atoms. The van der Waals surface area contributed by atoms with Crippen LogP contribution in [-0.4, -0.2) is 9.97 Å². The van der Waals surface area contributed by atoms with Crippen LogP contribution >= 0.6 is 23.8 Å². The summed E-state index contributed by atoms with van der Waals surface area (Å²) < 4.78 is 0. The average Bonchev–Trinajstić information content (AvgIpc) is 2.88. The highest BCUT2D eigenvalue weighted by Crippen LogP contribution is 2.18. The van der Waals surface area contributed by atoms with Gasteiger partial charge >= 0.3 is 0 Å². The zero-order valence-electron chi connectivity index (χ0n) is 10.7. The van der Waals surface area contributed by atoms with Crippen molar-refractivity contribution in [3.05, 3.63) is 70.9 Å². The Morgan fingerprint density at radius 2 is 1.85 bits per heavy atom. The molecule has 0 spiro atoms. The van der Waals surface area contributed by atoms with Crippen LogP contribution in [0.1, 0.15) is 11.1 Å². The standard InChI is InChI=1S/C16H13ClN2S/c17-14-7-3-1-6-13(14)16(20)19-10-11-9-18-15-8-4-2-5-12(11)15/h1-9,18H,10H2,(H,19,20). The molecule has 0 amide bonds. The van der Waals surface area contributed by atoms with Crippen LogP contribution in [0.15, 0.2) is 54.7 Å². The molecular weight excluding hydrogens is 288 g/mol. The lowest BCUT2D eigenvalue weighted by atomic mass is 10.1. The Morgan fingerprint density at radius 1 is 1.10 bits per heavy atom. The van der Waals surface area contributed by atoms with Crippen molar-refractivity contribution in [3.63, 3.8) is 0 Å². The van der Waals surface area contributed by atoms with Gasteiger partial charge in [-0.1, -0.05) is 60.2 Å². The quantitative estimate of drug-likeness (QED) is 0.706. The van der Waals surface area contributed by atoms with Gasteiger partial charge in [-0.05, 0) is 17.7 Å². The molecule has 2 aromatic carbocycles. The number of H-pyrrole nitrogens is 1. The highest BCUT2D eigenvalue weighted by Gasteiger charge is 2.07. The molecule has 3 rings (SSSR count). The van der Waals surface area contributed by atoms with Crippen LogP contribution in [-0.2, 0) is 6.54 Å². The number of hydrogen-bond acceptors (Lipinski definition) is 1. The zero-order chi connectivity index (χ0) is 13.9. The number of thiocarbonyl (C=S) groups is 1. The van der Waals surface area contributed by atoms with Crippen LogP contribution in [0, 0.1) is 0 Å². The van der Waals surface area contributed by atoms with E-state index in [2.05, 4.69) is 22.4 Å². The van der Waals surface area contributed by atoms with E-state index < -0.39 is 0 Å². The van der Waals surface area contributed by atoms with Crippen molar-refractivity contribution in [1.29, 1.82) is 0 Å². The Bertz CT molecular complexity index is 764. The average molecular weight is 301 g/mol. The molecule has 0 unspecified atom stereocenters. The predicted octanol–water partition coefficient (Wildman–Crippen LogP) is 4.29. The molecule has 2 N–H and O–H groups in total. The first-order valence-electron chi connectivity index (χ1n) is 6.33. The van der Waals surface area contributed by atoms with Gasteiger partial charge in [-0.25, -0.2) is 0 Å². The smallest absolute Gasteiger partial charge is 0.108 e. The maximum atomic E-state index is 6.14. The molecule has 0 radical (unpaired) electrons. The molecule has 0 saturated heterocycles. The molecule has 0 fully saturated rings. The van der Waals surface area contributed by atoms with E-state index in [4.69, 9.17) is 23.8 Å². The summed E-state index contributed by atoms with van der Waals surface area (Å²) in [7, 11) is 0. The van der Waals surface area contributed by atoms with E-state index in [1.54, 1.807) is 0 Å². The molecule has 0 atom stereocenters. The van der Waals surface area contributed by atoms with Crippen molar-refractivity contribution < 1.29 is 0 Å². The Balaban J connectivity index is 1.77. The van der Waals surface area contributed by atoms with Gasteiger partial charge in [0.1, 0.15) is 4.99 Å². The van der Waals surface area contributed by atoms with Crippen LogP contribution in [0.3, 0.4) is 0 Å². The lowest BCUT2D eigenvalue weighted by Gasteiger charge is -2.09. The van der Waals surface area contributed by atoms with Crippen molar-refractivity contribution in [1.82, 2.24) is 10.3 Å². The normalized spacial score (nSPS) is 10.7. The van der Waals surface area contributed by atoms with Crippen LogP contribution in [0.4, 0.5) is 0 Å². The van der Waals surface area contributed by atoms with Crippen molar-refractivity contribution in [2.45, 2.75) is 6.54 Å². The largest absolute Gasteiger partial charge is 0.372 e. The zero-order valence-corrected chi connectivity index (χ0v) is 12.3. The van der Waals surface area contributed by atoms with Crippen LogP contribution in [0.2, 0.25) is 5.02 Å². The van der Waals surface area contributed by atoms with E-state index in [1.165, 1.54) is 10.9 Å². The number of hydrogen-bond donors (Lipinski definition) is 2. The minimum Gasteiger partial charge on any atom is -0.372 e. The molecule has 0 saturated carbocycles. The number of nitrogens with one attached hydrogen (secondary N) is 2. The van der Waals surface area contributed by atoms with Gasteiger partial charge < -0.3 is 10.3 Å². The van der Waals surface area contributed by atoms with Gasteiger partial charge in [-0.3, -0.25) is 0 Å². The van der Waals surface area contributed by atoms with Crippen LogP contribution in [0.5, 0.6) is 0 Å². The Morgan fingerprint density at radius 3 is 2.70 bits per heavy atom.